The number of anilines is 1. The maximum Gasteiger partial charge on any atom is 0.419 e. The molecule has 0 amide bonds. The van der Waals surface area contributed by atoms with E-state index in [1.165, 1.54) is 6.07 Å². The SMILES string of the molecule is C[Si](C)(C)CCOCn1cc(-c2nc(N[C@H]3CCC[C@H]3CS(=O)(=O)O)ncc2C(F)(F)F)c2ccc(C#N)cc21. The van der Waals surface area contributed by atoms with Crippen molar-refractivity contribution < 1.29 is 30.9 Å². The number of ether oxygens (including phenoxy) is 1. The highest BCUT2D eigenvalue weighted by Crippen LogP contribution is 2.40. The number of benzene rings is 1. The molecule has 1 fully saturated rings. The Bertz CT molecular complexity index is 1530. The Morgan fingerprint density at radius 1 is 1.27 bits per heavy atom. The number of nitriles is 1. The first-order valence-corrected chi connectivity index (χ1v) is 18.2. The number of fused-ring (bicyclic) bond motifs is 1. The molecule has 1 aliphatic rings. The third kappa shape index (κ3) is 7.39. The summed E-state index contributed by atoms with van der Waals surface area (Å²) in [6.07, 6.45) is -0.698. The van der Waals surface area contributed by atoms with Gasteiger partial charge in [0.25, 0.3) is 10.1 Å². The van der Waals surface area contributed by atoms with Crippen molar-refractivity contribution in [1.29, 1.82) is 5.26 Å². The van der Waals surface area contributed by atoms with Crippen LogP contribution < -0.4 is 5.32 Å². The Labute approximate surface area is 232 Å². The van der Waals surface area contributed by atoms with Crippen molar-refractivity contribution in [1.82, 2.24) is 14.5 Å². The third-order valence-corrected chi connectivity index (χ3v) is 9.54. The van der Waals surface area contributed by atoms with Crippen LogP contribution >= 0.6 is 0 Å². The average molecular weight is 596 g/mol. The Balaban J connectivity index is 1.74. The molecule has 0 radical (unpaired) electrons. The number of halogens is 3. The minimum absolute atomic E-state index is 0.0730. The maximum atomic E-state index is 14.1. The van der Waals surface area contributed by atoms with E-state index >= 15 is 0 Å². The first-order valence-electron chi connectivity index (χ1n) is 12.9. The highest BCUT2D eigenvalue weighted by atomic mass is 32.2. The summed E-state index contributed by atoms with van der Waals surface area (Å²) >= 11 is 0. The van der Waals surface area contributed by atoms with Gasteiger partial charge in [-0.15, -0.1) is 0 Å². The molecule has 3 aromatic rings. The van der Waals surface area contributed by atoms with E-state index in [9.17, 15) is 31.4 Å². The molecule has 2 N–H and O–H groups in total. The van der Waals surface area contributed by atoms with Crippen molar-refractivity contribution in [3.63, 3.8) is 0 Å². The lowest BCUT2D eigenvalue weighted by atomic mass is 10.0. The van der Waals surface area contributed by atoms with E-state index in [1.807, 2.05) is 0 Å². The van der Waals surface area contributed by atoms with E-state index in [0.717, 1.165) is 6.04 Å². The van der Waals surface area contributed by atoms with Gasteiger partial charge in [0, 0.05) is 44.1 Å². The molecule has 216 valence electrons. The molecule has 14 heteroatoms. The van der Waals surface area contributed by atoms with Crippen molar-refractivity contribution in [2.75, 3.05) is 17.7 Å². The van der Waals surface area contributed by atoms with Gasteiger partial charge in [-0.25, -0.2) is 9.97 Å². The fourth-order valence-corrected chi connectivity index (χ4v) is 6.62. The van der Waals surface area contributed by atoms with E-state index in [4.69, 9.17) is 4.74 Å². The molecule has 2 atom stereocenters. The number of hydrogen-bond acceptors (Lipinski definition) is 7. The molecule has 1 aliphatic carbocycles. The molecular weight excluding hydrogens is 563 g/mol. The summed E-state index contributed by atoms with van der Waals surface area (Å²) in [6.45, 7) is 7.24. The fourth-order valence-electron chi connectivity index (χ4n) is 4.93. The highest BCUT2D eigenvalue weighted by Gasteiger charge is 2.37. The monoisotopic (exact) mass is 595 g/mol. The molecule has 0 saturated heterocycles. The van der Waals surface area contributed by atoms with Crippen LogP contribution in [-0.4, -0.2) is 54.0 Å². The molecule has 0 unspecified atom stereocenters. The summed E-state index contributed by atoms with van der Waals surface area (Å²) in [5.41, 5.74) is -0.279. The van der Waals surface area contributed by atoms with Crippen LogP contribution in [0, 0.1) is 17.2 Å². The first-order chi connectivity index (χ1) is 18.6. The lowest BCUT2D eigenvalue weighted by Gasteiger charge is -2.21. The standard InChI is InChI=1S/C26H32F3N5O4SSi/c1-40(2,3)10-9-38-16-34-14-20(19-8-7-17(12-30)11-23(19)34)24-21(26(27,28)29)13-31-25(33-24)32-22-6-4-5-18(22)15-39(35,36)37/h7-8,11,13-14,18,22H,4-6,9-10,15-16H2,1-3H3,(H,31,32,33)(H,35,36,37)/t18-,22-/m0/s1. The van der Waals surface area contributed by atoms with Crippen LogP contribution in [0.15, 0.2) is 30.6 Å². The Morgan fingerprint density at radius 2 is 2.02 bits per heavy atom. The first kappa shape index (κ1) is 30.0. The molecule has 2 aromatic heterocycles. The number of aromatic nitrogens is 3. The van der Waals surface area contributed by atoms with Gasteiger partial charge in [-0.1, -0.05) is 32.1 Å². The van der Waals surface area contributed by atoms with Gasteiger partial charge in [0.1, 0.15) is 12.3 Å². The normalized spacial score (nSPS) is 18.2. The summed E-state index contributed by atoms with van der Waals surface area (Å²) in [4.78, 5) is 8.17. The van der Waals surface area contributed by atoms with Crippen molar-refractivity contribution in [3.8, 4) is 17.3 Å². The van der Waals surface area contributed by atoms with Crippen LogP contribution in [0.1, 0.15) is 30.4 Å². The largest absolute Gasteiger partial charge is 0.419 e. The topological polar surface area (TPSA) is 130 Å². The molecule has 0 spiro atoms. The molecule has 2 heterocycles. The summed E-state index contributed by atoms with van der Waals surface area (Å²) < 4.78 is 82.1. The lowest BCUT2D eigenvalue weighted by molar-refractivity contribution is -0.137. The van der Waals surface area contributed by atoms with Gasteiger partial charge in [-0.2, -0.15) is 26.9 Å². The minimum Gasteiger partial charge on any atom is -0.361 e. The highest BCUT2D eigenvalue weighted by molar-refractivity contribution is 7.85. The van der Waals surface area contributed by atoms with Gasteiger partial charge < -0.3 is 14.6 Å². The quantitative estimate of drug-likeness (QED) is 0.172. The third-order valence-electron chi connectivity index (χ3n) is 6.99. The van der Waals surface area contributed by atoms with Crippen LogP contribution in [0.4, 0.5) is 19.1 Å². The molecule has 1 aromatic carbocycles. The number of alkyl halides is 3. The molecular formula is C26H32F3N5O4SSi. The zero-order valence-corrected chi connectivity index (χ0v) is 24.3. The van der Waals surface area contributed by atoms with Gasteiger partial charge in [0.15, 0.2) is 0 Å². The number of rotatable bonds is 10. The van der Waals surface area contributed by atoms with Gasteiger partial charge in [0.05, 0.1) is 28.6 Å². The Hall–Kier alpha value is -2.99. The van der Waals surface area contributed by atoms with Crippen molar-refractivity contribution >= 4 is 35.0 Å². The van der Waals surface area contributed by atoms with Crippen LogP contribution in [-0.2, 0) is 27.8 Å². The maximum absolute atomic E-state index is 14.1. The minimum atomic E-state index is -4.75. The smallest absolute Gasteiger partial charge is 0.361 e. The van der Waals surface area contributed by atoms with Crippen LogP contribution in [0.3, 0.4) is 0 Å². The van der Waals surface area contributed by atoms with Gasteiger partial charge in [0.2, 0.25) is 5.95 Å². The summed E-state index contributed by atoms with van der Waals surface area (Å²) in [7, 11) is -5.57. The molecule has 4 rings (SSSR count). The molecule has 0 aliphatic heterocycles. The van der Waals surface area contributed by atoms with Gasteiger partial charge in [-0.3, -0.25) is 4.55 Å². The van der Waals surface area contributed by atoms with E-state index < -0.39 is 47.6 Å². The number of nitrogens with one attached hydrogen (secondary N) is 1. The van der Waals surface area contributed by atoms with Crippen molar-refractivity contribution in [2.45, 2.75) is 63.9 Å². The Kier molecular flexibility index (Phi) is 8.60. The fraction of sp³-hybridized carbons (Fsp3) is 0.500. The van der Waals surface area contributed by atoms with E-state index in [0.29, 0.717) is 48.5 Å². The summed E-state index contributed by atoms with van der Waals surface area (Å²) in [5, 5.41) is 12.9. The summed E-state index contributed by atoms with van der Waals surface area (Å²) in [5.74, 6) is -0.954. The second-order valence-corrected chi connectivity index (χ2v) is 18.5. The van der Waals surface area contributed by atoms with E-state index in [-0.39, 0.29) is 23.9 Å². The molecule has 0 bridgehead atoms. The van der Waals surface area contributed by atoms with Crippen molar-refractivity contribution in [2.24, 2.45) is 5.92 Å². The summed E-state index contributed by atoms with van der Waals surface area (Å²) in [6, 6.07) is 7.29. The van der Waals surface area contributed by atoms with Crippen LogP contribution in [0.25, 0.3) is 22.2 Å². The molecule has 9 nitrogen and oxygen atoms in total. The number of hydrogen-bond donors (Lipinski definition) is 2. The van der Waals surface area contributed by atoms with E-state index in [1.54, 1.807) is 22.9 Å². The second-order valence-electron chi connectivity index (χ2n) is 11.3. The van der Waals surface area contributed by atoms with Crippen molar-refractivity contribution in [3.05, 3.63) is 41.7 Å². The van der Waals surface area contributed by atoms with Gasteiger partial charge in [-0.05, 0) is 36.9 Å². The zero-order chi connectivity index (χ0) is 29.3. The number of nitrogens with zero attached hydrogens (tertiary/aromatic N) is 4. The van der Waals surface area contributed by atoms with Gasteiger partial charge >= 0.3 is 6.18 Å². The molecule has 40 heavy (non-hydrogen) atoms. The van der Waals surface area contributed by atoms with Crippen LogP contribution in [0.5, 0.6) is 0 Å². The second kappa shape index (κ2) is 11.5. The lowest BCUT2D eigenvalue weighted by Crippen LogP contribution is -2.30. The Morgan fingerprint density at radius 3 is 2.67 bits per heavy atom. The van der Waals surface area contributed by atoms with Crippen LogP contribution in [0.2, 0.25) is 25.7 Å². The predicted octanol–water partition coefficient (Wildman–Crippen LogP) is 5.77. The average Bonchev–Trinajstić information content (AvgIpc) is 3.43. The van der Waals surface area contributed by atoms with E-state index in [2.05, 4.69) is 41.0 Å². The molecule has 1 saturated carbocycles. The predicted molar refractivity (Wildman–Crippen MR) is 148 cm³/mol. The zero-order valence-electron chi connectivity index (χ0n) is 22.5.